The van der Waals surface area contributed by atoms with E-state index in [-0.39, 0.29) is 17.8 Å². The second-order valence-electron chi connectivity index (χ2n) is 8.81. The van der Waals surface area contributed by atoms with Crippen LogP contribution < -0.4 is 19.7 Å². The van der Waals surface area contributed by atoms with E-state index >= 15 is 0 Å². The predicted molar refractivity (Wildman–Crippen MR) is 133 cm³/mol. The number of sulfonamides is 1. The molecule has 5 rings (SSSR count). The van der Waals surface area contributed by atoms with Crippen LogP contribution in [0.5, 0.6) is 5.88 Å². The van der Waals surface area contributed by atoms with Crippen LogP contribution in [0, 0.1) is 0 Å². The Labute approximate surface area is 208 Å². The number of alkyl halides is 1. The molecule has 0 aromatic carbocycles. The molecule has 1 aliphatic heterocycles. The van der Waals surface area contributed by atoms with E-state index in [1.807, 2.05) is 6.07 Å². The van der Waals surface area contributed by atoms with Crippen molar-refractivity contribution < 1.29 is 22.3 Å². The number of rotatable bonds is 8. The first kappa shape index (κ1) is 24.4. The molecule has 36 heavy (non-hydrogen) atoms. The SMILES string of the molecule is O=S(=O)(CF)Nc1cnc2cc(N3CCOCC3)nc(OC3CCC(Nc4ncccn4)CC3)c2c1. The summed E-state index contributed by atoms with van der Waals surface area (Å²) in [5.74, 6) is 1.72. The van der Waals surface area contributed by atoms with E-state index in [2.05, 4.69) is 29.9 Å². The van der Waals surface area contributed by atoms with E-state index in [4.69, 9.17) is 14.5 Å². The fourth-order valence-electron chi connectivity index (χ4n) is 4.43. The van der Waals surface area contributed by atoms with Gasteiger partial charge in [0.25, 0.3) is 10.0 Å². The number of pyridine rings is 2. The lowest BCUT2D eigenvalue weighted by Crippen LogP contribution is -2.37. The molecule has 11 nitrogen and oxygen atoms in total. The van der Waals surface area contributed by atoms with Crippen LogP contribution in [0.3, 0.4) is 0 Å². The molecule has 1 saturated carbocycles. The van der Waals surface area contributed by atoms with Gasteiger partial charge in [0, 0.05) is 37.6 Å². The standard InChI is InChI=1S/C23H28FN7O4S/c24-15-36(32,33)30-17-12-19-20(27-14-17)13-21(31-8-10-34-11-9-31)29-22(19)35-18-4-2-16(3-5-18)28-23-25-6-1-7-26-23/h1,6-7,12-14,16,18,30H,2-5,8-11,15H2,(H,25,26,28). The van der Waals surface area contributed by atoms with Gasteiger partial charge in [0.1, 0.15) is 11.9 Å². The molecular weight excluding hydrogens is 489 g/mol. The minimum Gasteiger partial charge on any atom is -0.474 e. The van der Waals surface area contributed by atoms with Crippen molar-refractivity contribution in [2.24, 2.45) is 0 Å². The molecule has 2 fully saturated rings. The molecule has 0 atom stereocenters. The zero-order valence-corrected chi connectivity index (χ0v) is 20.5. The lowest BCUT2D eigenvalue weighted by atomic mass is 9.93. The molecule has 0 amide bonds. The van der Waals surface area contributed by atoms with Gasteiger partial charge in [-0.05, 0) is 37.8 Å². The monoisotopic (exact) mass is 517 g/mol. The smallest absolute Gasteiger partial charge is 0.262 e. The highest BCUT2D eigenvalue weighted by atomic mass is 32.2. The third kappa shape index (κ3) is 5.90. The highest BCUT2D eigenvalue weighted by Gasteiger charge is 2.25. The quantitative estimate of drug-likeness (QED) is 0.460. The molecule has 13 heteroatoms. The summed E-state index contributed by atoms with van der Waals surface area (Å²) in [4.78, 5) is 19.8. The van der Waals surface area contributed by atoms with Gasteiger partial charge in [-0.1, -0.05) is 0 Å². The average molecular weight is 518 g/mol. The largest absolute Gasteiger partial charge is 0.474 e. The van der Waals surface area contributed by atoms with Gasteiger partial charge in [-0.3, -0.25) is 9.71 Å². The van der Waals surface area contributed by atoms with Crippen LogP contribution in [-0.4, -0.2) is 72.8 Å². The van der Waals surface area contributed by atoms with Crippen LogP contribution in [0.2, 0.25) is 0 Å². The number of nitrogens with one attached hydrogen (secondary N) is 2. The number of anilines is 3. The molecule has 0 spiro atoms. The van der Waals surface area contributed by atoms with Crippen LogP contribution in [0.4, 0.5) is 21.8 Å². The first-order valence-corrected chi connectivity index (χ1v) is 13.5. The van der Waals surface area contributed by atoms with Gasteiger partial charge < -0.3 is 19.7 Å². The van der Waals surface area contributed by atoms with Crippen molar-refractivity contribution in [2.75, 3.05) is 47.2 Å². The van der Waals surface area contributed by atoms with Crippen molar-refractivity contribution in [3.63, 3.8) is 0 Å². The Morgan fingerprint density at radius 2 is 1.83 bits per heavy atom. The van der Waals surface area contributed by atoms with E-state index in [0.717, 1.165) is 31.5 Å². The minimum atomic E-state index is -4.10. The van der Waals surface area contributed by atoms with Crippen molar-refractivity contribution >= 4 is 38.4 Å². The summed E-state index contributed by atoms with van der Waals surface area (Å²) in [5, 5.41) is 3.92. The molecule has 3 aromatic rings. The van der Waals surface area contributed by atoms with Gasteiger partial charge in [0.05, 0.1) is 36.0 Å². The van der Waals surface area contributed by atoms with Crippen LogP contribution in [-0.2, 0) is 14.8 Å². The van der Waals surface area contributed by atoms with Gasteiger partial charge in [-0.2, -0.15) is 4.98 Å². The first-order valence-electron chi connectivity index (χ1n) is 11.9. The topological polar surface area (TPSA) is 131 Å². The number of halogens is 1. The predicted octanol–water partition coefficient (Wildman–Crippen LogP) is 2.73. The van der Waals surface area contributed by atoms with E-state index in [1.165, 1.54) is 6.20 Å². The van der Waals surface area contributed by atoms with Crippen LogP contribution >= 0.6 is 0 Å². The fourth-order valence-corrected chi connectivity index (χ4v) is 4.95. The summed E-state index contributed by atoms with van der Waals surface area (Å²) in [6, 6.07) is 3.94. The lowest BCUT2D eigenvalue weighted by molar-refractivity contribution is 0.122. The second kappa shape index (κ2) is 10.7. The highest BCUT2D eigenvalue weighted by Crippen LogP contribution is 2.33. The van der Waals surface area contributed by atoms with Crippen molar-refractivity contribution in [3.05, 3.63) is 36.8 Å². The average Bonchev–Trinajstić information content (AvgIpc) is 2.91. The Hall–Kier alpha value is -3.32. The number of hydrogen-bond donors (Lipinski definition) is 2. The van der Waals surface area contributed by atoms with Crippen molar-refractivity contribution in [2.45, 2.75) is 37.8 Å². The molecule has 1 saturated heterocycles. The molecule has 192 valence electrons. The second-order valence-corrected chi connectivity index (χ2v) is 10.5. The fraction of sp³-hybridized carbons (Fsp3) is 0.478. The molecule has 2 aliphatic rings. The third-order valence-corrected chi connectivity index (χ3v) is 7.07. The molecular formula is C23H28FN7O4S. The maximum absolute atomic E-state index is 12.9. The van der Waals surface area contributed by atoms with E-state index in [1.54, 1.807) is 24.5 Å². The Kier molecular flexibility index (Phi) is 7.28. The lowest BCUT2D eigenvalue weighted by Gasteiger charge is -2.31. The summed E-state index contributed by atoms with van der Waals surface area (Å²) in [5.41, 5.74) is 0.767. The zero-order chi connectivity index (χ0) is 25.0. The van der Waals surface area contributed by atoms with Crippen molar-refractivity contribution in [1.82, 2.24) is 19.9 Å². The van der Waals surface area contributed by atoms with Crippen LogP contribution in [0.25, 0.3) is 10.9 Å². The number of hydrogen-bond acceptors (Lipinski definition) is 10. The molecule has 1 aliphatic carbocycles. The number of ether oxygens (including phenoxy) is 2. The number of nitrogens with zero attached hydrogens (tertiary/aromatic N) is 5. The normalized spacial score (nSPS) is 20.8. The molecule has 4 heterocycles. The number of aromatic nitrogens is 4. The van der Waals surface area contributed by atoms with E-state index in [9.17, 15) is 12.8 Å². The van der Waals surface area contributed by atoms with Gasteiger partial charge in [-0.25, -0.2) is 22.8 Å². The summed E-state index contributed by atoms with van der Waals surface area (Å²) >= 11 is 0. The van der Waals surface area contributed by atoms with E-state index < -0.39 is 16.0 Å². The van der Waals surface area contributed by atoms with Crippen molar-refractivity contribution in [1.29, 1.82) is 0 Å². The Morgan fingerprint density at radius 1 is 1.08 bits per heavy atom. The molecule has 0 bridgehead atoms. The Morgan fingerprint density at radius 3 is 2.56 bits per heavy atom. The highest BCUT2D eigenvalue weighted by molar-refractivity contribution is 7.92. The summed E-state index contributed by atoms with van der Waals surface area (Å²) in [6.45, 7) is 2.61. The van der Waals surface area contributed by atoms with Gasteiger partial charge in [0.2, 0.25) is 17.8 Å². The molecule has 3 aromatic heterocycles. The zero-order valence-electron chi connectivity index (χ0n) is 19.6. The summed E-state index contributed by atoms with van der Waals surface area (Å²) in [6.07, 6.45) is 8.07. The maximum Gasteiger partial charge on any atom is 0.262 e. The first-order chi connectivity index (χ1) is 17.5. The Bertz CT molecular complexity index is 1280. The molecule has 2 N–H and O–H groups in total. The Balaban J connectivity index is 1.37. The van der Waals surface area contributed by atoms with Crippen LogP contribution in [0.1, 0.15) is 25.7 Å². The number of fused-ring (bicyclic) bond motifs is 1. The summed E-state index contributed by atoms with van der Waals surface area (Å²) in [7, 11) is -4.10. The van der Waals surface area contributed by atoms with Gasteiger partial charge in [-0.15, -0.1) is 0 Å². The summed E-state index contributed by atoms with van der Waals surface area (Å²) < 4.78 is 50.4. The van der Waals surface area contributed by atoms with E-state index in [0.29, 0.717) is 49.0 Å². The van der Waals surface area contributed by atoms with Crippen LogP contribution in [0.15, 0.2) is 36.8 Å². The maximum atomic E-state index is 12.9. The van der Waals surface area contributed by atoms with Gasteiger partial charge in [0.15, 0.2) is 0 Å². The molecule has 0 unspecified atom stereocenters. The van der Waals surface area contributed by atoms with Crippen molar-refractivity contribution in [3.8, 4) is 5.88 Å². The van der Waals surface area contributed by atoms with Gasteiger partial charge >= 0.3 is 0 Å². The molecule has 0 radical (unpaired) electrons. The number of morpholine rings is 1. The third-order valence-electron chi connectivity index (χ3n) is 6.23. The minimum absolute atomic E-state index is 0.0680.